The van der Waals surface area contributed by atoms with Gasteiger partial charge in [-0.05, 0) is 30.6 Å². The van der Waals surface area contributed by atoms with Crippen molar-refractivity contribution in [2.75, 3.05) is 12.0 Å². The topological polar surface area (TPSA) is 83.8 Å². The van der Waals surface area contributed by atoms with Crippen LogP contribution in [0.25, 0.3) is 11.0 Å². The third-order valence-electron chi connectivity index (χ3n) is 3.99. The van der Waals surface area contributed by atoms with E-state index in [1.165, 1.54) is 6.39 Å². The van der Waals surface area contributed by atoms with Crippen molar-refractivity contribution >= 4 is 28.7 Å². The number of hydrogen-bond acceptors (Lipinski definition) is 5. The van der Waals surface area contributed by atoms with Gasteiger partial charge in [-0.3, -0.25) is 4.79 Å². The van der Waals surface area contributed by atoms with Crippen molar-refractivity contribution < 1.29 is 9.21 Å². The number of benzene rings is 1. The minimum atomic E-state index is -0.232. The second kappa shape index (κ2) is 7.74. The third-order valence-corrected chi connectivity index (χ3v) is 4.63. The Bertz CT molecular complexity index is 823. The van der Waals surface area contributed by atoms with Crippen molar-refractivity contribution in [1.29, 1.82) is 0 Å². The second-order valence-electron chi connectivity index (χ2n) is 6.17. The second-order valence-corrected chi connectivity index (χ2v) is 7.15. The number of para-hydroxylation sites is 2. The maximum Gasteiger partial charge on any atom is 0.274 e. The van der Waals surface area contributed by atoms with Gasteiger partial charge in [0, 0.05) is 5.92 Å². The van der Waals surface area contributed by atoms with Gasteiger partial charge in [-0.2, -0.15) is 11.8 Å². The quantitative estimate of drug-likeness (QED) is 0.669. The van der Waals surface area contributed by atoms with Crippen LogP contribution in [-0.4, -0.2) is 32.9 Å². The Morgan fingerprint density at radius 3 is 2.88 bits per heavy atom. The van der Waals surface area contributed by atoms with Gasteiger partial charge in [0.05, 0.1) is 17.1 Å². The van der Waals surface area contributed by atoms with Gasteiger partial charge in [0.1, 0.15) is 11.6 Å². The molecule has 25 heavy (non-hydrogen) atoms. The number of amides is 1. The molecule has 1 aromatic carbocycles. The SMILES string of the molecule is CSCC[C@H](NC(=O)c1ncoc1C(C)C)c1nc2ccccc2[nH]1. The number of aromatic nitrogens is 3. The van der Waals surface area contributed by atoms with E-state index < -0.39 is 0 Å². The minimum Gasteiger partial charge on any atom is -0.447 e. The van der Waals surface area contributed by atoms with Gasteiger partial charge in [-0.1, -0.05) is 26.0 Å². The molecule has 0 fully saturated rings. The molecule has 0 bridgehead atoms. The van der Waals surface area contributed by atoms with Crippen molar-refractivity contribution in [3.63, 3.8) is 0 Å². The number of fused-ring (bicyclic) bond motifs is 1. The Kier molecular flexibility index (Phi) is 5.43. The maximum absolute atomic E-state index is 12.7. The normalized spacial score (nSPS) is 12.6. The largest absolute Gasteiger partial charge is 0.447 e. The summed E-state index contributed by atoms with van der Waals surface area (Å²) in [4.78, 5) is 24.8. The van der Waals surface area contributed by atoms with E-state index in [1.807, 2.05) is 44.4 Å². The molecule has 1 atom stereocenters. The number of rotatable bonds is 7. The Morgan fingerprint density at radius 1 is 1.36 bits per heavy atom. The highest BCUT2D eigenvalue weighted by Gasteiger charge is 2.24. The molecule has 0 unspecified atom stereocenters. The number of oxazole rings is 1. The molecule has 2 aromatic heterocycles. The summed E-state index contributed by atoms with van der Waals surface area (Å²) in [6.07, 6.45) is 4.15. The smallest absolute Gasteiger partial charge is 0.274 e. The number of nitrogens with one attached hydrogen (secondary N) is 2. The van der Waals surface area contributed by atoms with E-state index in [0.29, 0.717) is 11.5 Å². The van der Waals surface area contributed by atoms with Gasteiger partial charge in [0.25, 0.3) is 5.91 Å². The number of aromatic amines is 1. The lowest BCUT2D eigenvalue weighted by Gasteiger charge is -2.16. The first-order chi connectivity index (χ1) is 12.1. The van der Waals surface area contributed by atoms with E-state index >= 15 is 0 Å². The van der Waals surface area contributed by atoms with Gasteiger partial charge in [-0.15, -0.1) is 0 Å². The number of imidazole rings is 1. The predicted octanol–water partition coefficient (Wildman–Crippen LogP) is 3.90. The Balaban J connectivity index is 1.85. The van der Waals surface area contributed by atoms with E-state index in [0.717, 1.165) is 29.0 Å². The molecule has 0 radical (unpaired) electrons. The van der Waals surface area contributed by atoms with Crippen molar-refractivity contribution in [1.82, 2.24) is 20.3 Å². The number of thioether (sulfide) groups is 1. The summed E-state index contributed by atoms with van der Waals surface area (Å²) in [7, 11) is 0. The highest BCUT2D eigenvalue weighted by molar-refractivity contribution is 7.98. The highest BCUT2D eigenvalue weighted by atomic mass is 32.2. The van der Waals surface area contributed by atoms with Crippen LogP contribution in [0.1, 0.15) is 54.3 Å². The molecule has 0 aliphatic heterocycles. The average Bonchev–Trinajstić information content (AvgIpc) is 3.24. The van der Waals surface area contributed by atoms with Crippen LogP contribution >= 0.6 is 11.8 Å². The monoisotopic (exact) mass is 358 g/mol. The maximum atomic E-state index is 12.7. The van der Waals surface area contributed by atoms with Crippen LogP contribution in [-0.2, 0) is 0 Å². The lowest BCUT2D eigenvalue weighted by Crippen LogP contribution is -2.30. The summed E-state index contributed by atoms with van der Waals surface area (Å²) >= 11 is 1.74. The molecular weight excluding hydrogens is 336 g/mol. The van der Waals surface area contributed by atoms with E-state index in [-0.39, 0.29) is 17.9 Å². The molecule has 3 rings (SSSR count). The van der Waals surface area contributed by atoms with Gasteiger partial charge in [0.2, 0.25) is 0 Å². The summed E-state index contributed by atoms with van der Waals surface area (Å²) in [6, 6.07) is 7.64. The molecule has 0 saturated carbocycles. The minimum absolute atomic E-state index is 0.0964. The zero-order valence-corrected chi connectivity index (χ0v) is 15.4. The first-order valence-electron chi connectivity index (χ1n) is 8.28. The average molecular weight is 358 g/mol. The molecule has 0 aliphatic carbocycles. The number of carbonyl (C=O) groups is 1. The molecule has 2 heterocycles. The third kappa shape index (κ3) is 3.87. The zero-order valence-electron chi connectivity index (χ0n) is 14.6. The molecule has 0 spiro atoms. The Labute approximate surface area is 150 Å². The molecule has 6 nitrogen and oxygen atoms in total. The first kappa shape index (κ1) is 17.5. The standard InChI is InChI=1S/C18H22N4O2S/c1-11(2)16-15(19-10-24-16)18(23)22-14(8-9-25-3)17-20-12-6-4-5-7-13(12)21-17/h4-7,10-11,14H,8-9H2,1-3H3,(H,20,21)(H,22,23)/t14-/m0/s1. The van der Waals surface area contributed by atoms with Crippen LogP contribution in [0, 0.1) is 0 Å². The lowest BCUT2D eigenvalue weighted by molar-refractivity contribution is 0.0927. The number of H-pyrrole nitrogens is 1. The van der Waals surface area contributed by atoms with Crippen molar-refractivity contribution in [2.24, 2.45) is 0 Å². The molecular formula is C18H22N4O2S. The Morgan fingerprint density at radius 2 is 2.16 bits per heavy atom. The zero-order chi connectivity index (χ0) is 17.8. The van der Waals surface area contributed by atoms with Gasteiger partial charge >= 0.3 is 0 Å². The van der Waals surface area contributed by atoms with Crippen molar-refractivity contribution in [2.45, 2.75) is 32.2 Å². The van der Waals surface area contributed by atoms with Crippen LogP contribution in [0.15, 0.2) is 35.1 Å². The molecule has 132 valence electrons. The van der Waals surface area contributed by atoms with Gasteiger partial charge in [0.15, 0.2) is 12.1 Å². The summed E-state index contributed by atoms with van der Waals surface area (Å²) in [5.41, 5.74) is 2.20. The van der Waals surface area contributed by atoms with Gasteiger partial charge in [-0.25, -0.2) is 9.97 Å². The van der Waals surface area contributed by atoms with Crippen LogP contribution in [0.5, 0.6) is 0 Å². The summed E-state index contributed by atoms with van der Waals surface area (Å²) in [5, 5.41) is 3.06. The van der Waals surface area contributed by atoms with Crippen LogP contribution in [0.3, 0.4) is 0 Å². The summed E-state index contributed by atoms with van der Waals surface area (Å²) in [6.45, 7) is 3.95. The van der Waals surface area contributed by atoms with E-state index in [1.54, 1.807) is 11.8 Å². The Hall–Kier alpha value is -2.28. The molecule has 1 amide bonds. The molecule has 0 saturated heterocycles. The van der Waals surface area contributed by atoms with E-state index in [4.69, 9.17) is 4.42 Å². The molecule has 7 heteroatoms. The first-order valence-corrected chi connectivity index (χ1v) is 9.67. The fourth-order valence-corrected chi connectivity index (χ4v) is 3.18. The van der Waals surface area contributed by atoms with Crippen molar-refractivity contribution in [3.8, 4) is 0 Å². The van der Waals surface area contributed by atoms with Crippen LogP contribution < -0.4 is 5.32 Å². The highest BCUT2D eigenvalue weighted by Crippen LogP contribution is 2.22. The van der Waals surface area contributed by atoms with E-state index in [9.17, 15) is 4.79 Å². The number of hydrogen-bond donors (Lipinski definition) is 2. The number of carbonyl (C=O) groups excluding carboxylic acids is 1. The van der Waals surface area contributed by atoms with E-state index in [2.05, 4.69) is 20.3 Å². The van der Waals surface area contributed by atoms with Crippen molar-refractivity contribution in [3.05, 3.63) is 47.9 Å². The summed E-state index contributed by atoms with van der Waals surface area (Å²) in [5.74, 6) is 2.14. The fraction of sp³-hybridized carbons (Fsp3) is 0.389. The predicted molar refractivity (Wildman–Crippen MR) is 99.9 cm³/mol. The fourth-order valence-electron chi connectivity index (χ4n) is 2.71. The summed E-state index contributed by atoms with van der Waals surface area (Å²) < 4.78 is 5.36. The number of nitrogens with zero attached hydrogens (tertiary/aromatic N) is 2. The van der Waals surface area contributed by atoms with Gasteiger partial charge < -0.3 is 14.7 Å². The molecule has 3 aromatic rings. The molecule has 2 N–H and O–H groups in total. The lowest BCUT2D eigenvalue weighted by atomic mass is 10.1. The van der Waals surface area contributed by atoms with Crippen LogP contribution in [0.2, 0.25) is 0 Å². The molecule has 0 aliphatic rings. The van der Waals surface area contributed by atoms with Crippen LogP contribution in [0.4, 0.5) is 0 Å².